The molecular weight excluding hydrogens is 870 g/mol. The number of carbonyl (C=O) groups is 2. The van der Waals surface area contributed by atoms with E-state index in [0.29, 0.717) is 27.6 Å². The summed E-state index contributed by atoms with van der Waals surface area (Å²) < 4.78 is 80.0. The lowest BCUT2D eigenvalue weighted by Crippen LogP contribution is -2.48. The van der Waals surface area contributed by atoms with Gasteiger partial charge in [-0.05, 0) is 54.6 Å². The van der Waals surface area contributed by atoms with Crippen molar-refractivity contribution in [2.45, 2.75) is 76.8 Å². The van der Waals surface area contributed by atoms with E-state index in [0.717, 1.165) is 13.8 Å². The number of hydrogen-bond acceptors (Lipinski definition) is 20. The molecule has 4 aliphatic rings. The minimum absolute atomic E-state index is 0.130. The van der Waals surface area contributed by atoms with Crippen LogP contribution in [0.15, 0.2) is 67.1 Å². The van der Waals surface area contributed by atoms with E-state index in [1.807, 2.05) is 0 Å². The molecule has 0 saturated carbocycles. The van der Waals surface area contributed by atoms with Crippen LogP contribution in [0.25, 0.3) is 33.1 Å². The molecule has 4 aliphatic heterocycles. The van der Waals surface area contributed by atoms with Gasteiger partial charge in [-0.25, -0.2) is 4.98 Å². The molecule has 2 aromatic carbocycles. The highest BCUT2D eigenvalue weighted by Gasteiger charge is 2.54. The first-order valence-corrected chi connectivity index (χ1v) is 23.3. The Morgan fingerprint density at radius 3 is 1.81 bits per heavy atom. The smallest absolute Gasteiger partial charge is 0.342 e. The van der Waals surface area contributed by atoms with Gasteiger partial charge in [0.1, 0.15) is 39.8 Å². The maximum atomic E-state index is 14.7. The Hall–Kier alpha value is -5.58. The number of hydrogen-bond donors (Lipinski definition) is 1. The number of fused-ring (bicyclic) bond motifs is 9. The third-order valence-electron chi connectivity index (χ3n) is 10.4. The SMILES string of the molecule is CCOP1(=O)CP(=O)(OCC)OC[C@H]2O[C@H](C(On3nnc4ccccc43)[C@H]2On2nnc3ccccc32)n2cnc3c(=N)n(ccc32)[C@@H]2O[C@H](CO1)C(OC(C)=O)C2OC(C)=O. The second-order valence-electron chi connectivity index (χ2n) is 14.6. The number of nitrogens with zero attached hydrogens (tertiary/aromatic N) is 9. The van der Waals surface area contributed by atoms with E-state index in [2.05, 4.69) is 25.6 Å². The first kappa shape index (κ1) is 42.7. The summed E-state index contributed by atoms with van der Waals surface area (Å²) in [6, 6.07) is 15.8. The molecule has 4 aromatic heterocycles. The molecule has 10 atom stereocenters. The van der Waals surface area contributed by atoms with Gasteiger partial charge in [0.15, 0.2) is 42.2 Å². The Balaban J connectivity index is 1.21. The fraction of sp³-hybridized carbons (Fsp3) is 0.459. The number of pyridine rings is 1. The number of aromatic nitrogens is 9. The highest BCUT2D eigenvalue weighted by Crippen LogP contribution is 2.64. The molecule has 24 nitrogen and oxygen atoms in total. The molecule has 10 rings (SSSR count). The van der Waals surface area contributed by atoms with E-state index in [9.17, 15) is 24.1 Å². The van der Waals surface area contributed by atoms with Crippen LogP contribution in [0.4, 0.5) is 0 Å². The highest BCUT2D eigenvalue weighted by molar-refractivity contribution is 7.71. The minimum atomic E-state index is -4.42. The molecule has 2 saturated heterocycles. The highest BCUT2D eigenvalue weighted by atomic mass is 31.2. The van der Waals surface area contributed by atoms with Crippen molar-refractivity contribution in [2.24, 2.45) is 0 Å². The number of ether oxygens (including phenoxy) is 4. The van der Waals surface area contributed by atoms with Gasteiger partial charge in [0.05, 0.1) is 38.3 Å². The van der Waals surface area contributed by atoms with Gasteiger partial charge in [-0.15, -0.1) is 10.2 Å². The predicted molar refractivity (Wildman–Crippen MR) is 214 cm³/mol. The van der Waals surface area contributed by atoms with Gasteiger partial charge in [-0.1, -0.05) is 34.0 Å². The first-order chi connectivity index (χ1) is 30.4. The van der Waals surface area contributed by atoms with Gasteiger partial charge in [0, 0.05) is 20.0 Å². The van der Waals surface area contributed by atoms with Crippen LogP contribution in [-0.4, -0.2) is 125 Å². The Kier molecular flexibility index (Phi) is 11.6. The summed E-state index contributed by atoms with van der Waals surface area (Å²) in [5, 5.41) is 26.4. The maximum absolute atomic E-state index is 14.7. The van der Waals surface area contributed by atoms with Crippen molar-refractivity contribution < 1.29 is 65.4 Å². The standard InChI is InChI=1S/C37H42N10O14P2/c1-5-52-62(50)20-63(51,53-6-2)55-18-29-32(60-46-25-13-9-7-11-23(25)40-42-46)34(61-47-26-14-10-8-12-24(26)41-43-47)37(59-29)45-19-39-30-27(45)15-16-44(35(30)38)36-33(57-22(4)49)31(56-21(3)48)28(58-36)17-54-62/h7-16,19,28-29,31-34,36-38H,5-6,17-18,20H2,1-4H3/t28-,29-,31?,32+,33?,34?,36-,37-,62?,63?/m1/s1. The Morgan fingerprint density at radius 2 is 1.24 bits per heavy atom. The van der Waals surface area contributed by atoms with Gasteiger partial charge in [-0.3, -0.25) is 28.7 Å². The lowest BCUT2D eigenvalue weighted by Gasteiger charge is -2.27. The Bertz CT molecular complexity index is 2830. The molecule has 0 aliphatic carbocycles. The summed E-state index contributed by atoms with van der Waals surface area (Å²) in [6.07, 6.45) is -6.91. The van der Waals surface area contributed by atoms with Gasteiger partial charge >= 0.3 is 27.1 Å². The van der Waals surface area contributed by atoms with E-state index in [1.165, 1.54) is 26.8 Å². The lowest BCUT2D eigenvalue weighted by molar-refractivity contribution is -0.165. The average molecular weight is 913 g/mol. The first-order valence-electron chi connectivity index (χ1n) is 19.9. The van der Waals surface area contributed by atoms with Crippen molar-refractivity contribution in [3.05, 3.63) is 72.6 Å². The van der Waals surface area contributed by atoms with Crippen LogP contribution >= 0.6 is 15.2 Å². The van der Waals surface area contributed by atoms with Crippen LogP contribution in [0.5, 0.6) is 0 Å². The fourth-order valence-corrected chi connectivity index (χ4v) is 12.5. The fourth-order valence-electron chi connectivity index (χ4n) is 7.80. The predicted octanol–water partition coefficient (Wildman–Crippen LogP) is 2.92. The number of imidazole rings is 1. The molecule has 26 heteroatoms. The Labute approximate surface area is 356 Å². The van der Waals surface area contributed by atoms with Gasteiger partial charge < -0.3 is 51.3 Å². The molecule has 8 bridgehead atoms. The number of nitrogens with one attached hydrogen (secondary N) is 1. The average Bonchev–Trinajstić information content (AvgIpc) is 4.08. The summed E-state index contributed by atoms with van der Waals surface area (Å²) in [5.74, 6) is -2.35. The van der Waals surface area contributed by atoms with Gasteiger partial charge in [0.2, 0.25) is 6.10 Å². The van der Waals surface area contributed by atoms with Crippen LogP contribution in [0, 0.1) is 5.41 Å². The van der Waals surface area contributed by atoms with Crippen molar-refractivity contribution in [3.63, 3.8) is 0 Å². The molecule has 5 unspecified atom stereocenters. The second kappa shape index (κ2) is 17.2. The van der Waals surface area contributed by atoms with E-state index in [4.69, 9.17) is 46.7 Å². The molecule has 8 heterocycles. The van der Waals surface area contributed by atoms with Crippen LogP contribution < -0.4 is 15.2 Å². The summed E-state index contributed by atoms with van der Waals surface area (Å²) in [7, 11) is -8.84. The third-order valence-corrected chi connectivity index (χ3v) is 15.5. The molecular formula is C37H42N10O14P2. The number of para-hydroxylation sites is 2. The molecule has 2 fully saturated rings. The zero-order valence-electron chi connectivity index (χ0n) is 34.1. The quantitative estimate of drug-likeness (QED) is 0.153. The Morgan fingerprint density at radius 1 is 0.714 bits per heavy atom. The summed E-state index contributed by atoms with van der Waals surface area (Å²) in [4.78, 5) is 45.2. The van der Waals surface area contributed by atoms with E-state index in [1.54, 1.807) is 73.0 Å². The van der Waals surface area contributed by atoms with Crippen molar-refractivity contribution >= 4 is 60.2 Å². The number of benzene rings is 2. The van der Waals surface area contributed by atoms with E-state index < -0.39 is 95.3 Å². The van der Waals surface area contributed by atoms with E-state index in [-0.39, 0.29) is 24.2 Å². The van der Waals surface area contributed by atoms with Crippen molar-refractivity contribution in [3.8, 4) is 0 Å². The molecule has 0 spiro atoms. The lowest BCUT2D eigenvalue weighted by atomic mass is 10.1. The van der Waals surface area contributed by atoms with Crippen LogP contribution in [-0.2, 0) is 55.8 Å². The van der Waals surface area contributed by atoms with E-state index >= 15 is 0 Å². The third kappa shape index (κ3) is 8.24. The van der Waals surface area contributed by atoms with Crippen LogP contribution in [0.1, 0.15) is 40.2 Å². The maximum Gasteiger partial charge on any atom is 0.342 e. The molecule has 0 amide bonds. The summed E-state index contributed by atoms with van der Waals surface area (Å²) in [6.45, 7) is 4.10. The molecule has 334 valence electrons. The number of rotatable bonds is 10. The number of carbonyl (C=O) groups excluding carboxylic acids is 2. The normalized spacial score (nSPS) is 29.8. The zero-order chi connectivity index (χ0) is 44.0. The largest absolute Gasteiger partial charge is 0.456 e. The van der Waals surface area contributed by atoms with Gasteiger partial charge in [0.25, 0.3) is 0 Å². The van der Waals surface area contributed by atoms with Crippen molar-refractivity contribution in [1.82, 2.24) is 44.4 Å². The van der Waals surface area contributed by atoms with Crippen molar-refractivity contribution in [2.75, 3.05) is 32.3 Å². The van der Waals surface area contributed by atoms with Crippen LogP contribution in [0.3, 0.4) is 0 Å². The molecule has 1 N–H and O–H groups in total. The number of esters is 2. The zero-order valence-corrected chi connectivity index (χ0v) is 35.9. The van der Waals surface area contributed by atoms with Gasteiger partial charge in [-0.2, -0.15) is 0 Å². The monoisotopic (exact) mass is 912 g/mol. The summed E-state index contributed by atoms with van der Waals surface area (Å²) >= 11 is 0. The summed E-state index contributed by atoms with van der Waals surface area (Å²) in [5.41, 5.74) is 2.38. The van der Waals surface area contributed by atoms with Crippen molar-refractivity contribution in [1.29, 1.82) is 5.41 Å². The van der Waals surface area contributed by atoms with Crippen LogP contribution in [0.2, 0.25) is 0 Å². The second-order valence-corrected chi connectivity index (χ2v) is 19.2. The minimum Gasteiger partial charge on any atom is -0.456 e. The molecule has 6 aromatic rings. The molecule has 63 heavy (non-hydrogen) atoms. The molecule has 0 radical (unpaired) electrons. The topological polar surface area (TPSA) is 269 Å².